The number of ether oxygens (including phenoxy) is 2. The highest BCUT2D eigenvalue weighted by atomic mass is 31.2. The molecule has 0 saturated carbocycles. The lowest BCUT2D eigenvalue weighted by Gasteiger charge is -2.27. The van der Waals surface area contributed by atoms with E-state index in [2.05, 4.69) is 32.8 Å². The number of methoxy groups -OCH3 is 1. The van der Waals surface area contributed by atoms with E-state index in [1.54, 1.807) is 6.92 Å². The third-order valence-electron chi connectivity index (χ3n) is 4.16. The van der Waals surface area contributed by atoms with Crippen LogP contribution in [0, 0.1) is 5.92 Å². The highest BCUT2D eigenvalue weighted by Crippen LogP contribution is 2.48. The molecule has 160 valence electrons. The second-order valence-electron chi connectivity index (χ2n) is 8.13. The minimum absolute atomic E-state index is 0.154. The Balaban J connectivity index is 3.15. The summed E-state index contributed by atoms with van der Waals surface area (Å²) in [5, 5.41) is 2.83. The van der Waals surface area contributed by atoms with Crippen LogP contribution in [0.25, 0.3) is 0 Å². The Bertz CT molecular complexity index is 661. The zero-order valence-electron chi connectivity index (χ0n) is 18.4. The van der Waals surface area contributed by atoms with Crippen molar-refractivity contribution in [1.29, 1.82) is 0 Å². The molecule has 0 radical (unpaired) electrons. The quantitative estimate of drug-likeness (QED) is 0.393. The van der Waals surface area contributed by atoms with Crippen LogP contribution < -0.4 is 9.61 Å². The predicted octanol–water partition coefficient (Wildman–Crippen LogP) is 5.29. The molecule has 1 rings (SSSR count). The van der Waals surface area contributed by atoms with Gasteiger partial charge in [0.2, 0.25) is 0 Å². The molecule has 0 heterocycles. The van der Waals surface area contributed by atoms with Crippen LogP contribution in [0.2, 0.25) is 0 Å². The average molecular weight is 413 g/mol. The van der Waals surface area contributed by atoms with Crippen molar-refractivity contribution >= 4 is 13.5 Å². The molecule has 6 nitrogen and oxygen atoms in total. The Morgan fingerprint density at radius 3 is 2.00 bits per heavy atom. The van der Waals surface area contributed by atoms with Gasteiger partial charge in [0.05, 0.1) is 6.61 Å². The van der Waals surface area contributed by atoms with Crippen molar-refractivity contribution < 1.29 is 23.4 Å². The van der Waals surface area contributed by atoms with Gasteiger partial charge in [-0.05, 0) is 35.8 Å². The van der Waals surface area contributed by atoms with Crippen LogP contribution in [0.15, 0.2) is 18.2 Å². The molecule has 0 saturated heterocycles. The fourth-order valence-corrected chi connectivity index (χ4v) is 4.44. The molecule has 0 amide bonds. The Morgan fingerprint density at radius 2 is 1.57 bits per heavy atom. The number of benzene rings is 1. The fourth-order valence-electron chi connectivity index (χ4n) is 2.72. The van der Waals surface area contributed by atoms with Crippen LogP contribution in [0.4, 0.5) is 0 Å². The minimum atomic E-state index is -3.50. The smallest absolute Gasteiger partial charge is 0.342 e. The molecule has 1 N–H and O–H groups in total. The lowest BCUT2D eigenvalue weighted by molar-refractivity contribution is -0.146. The maximum absolute atomic E-state index is 13.5. The summed E-state index contributed by atoms with van der Waals surface area (Å²) in [4.78, 5) is 12.2. The number of hydrogen-bond acceptors (Lipinski definition) is 5. The van der Waals surface area contributed by atoms with E-state index in [-0.39, 0.29) is 24.1 Å². The molecule has 2 atom stereocenters. The van der Waals surface area contributed by atoms with Crippen molar-refractivity contribution in [3.8, 4) is 5.75 Å². The first-order valence-electron chi connectivity index (χ1n) is 9.85. The van der Waals surface area contributed by atoms with E-state index in [0.717, 1.165) is 11.1 Å². The van der Waals surface area contributed by atoms with Crippen LogP contribution in [0.3, 0.4) is 0 Å². The standard InChI is InChI=1S/C21H36NO5P/c1-14(2)12-26-21(23)17(7)22-28(24,13-25-8)27-20-18(15(3)4)10-9-11-19(20)16(5)6/h9-11,14-17H,12-13H2,1-8H3,(H,22,24)/t17-,28?/m0/s1. The van der Waals surface area contributed by atoms with Gasteiger partial charge in [0.25, 0.3) is 0 Å². The largest absolute Gasteiger partial charge is 0.464 e. The van der Waals surface area contributed by atoms with Crippen molar-refractivity contribution in [2.45, 2.75) is 66.3 Å². The Labute approximate surface area is 169 Å². The van der Waals surface area contributed by atoms with Crippen LogP contribution >= 0.6 is 7.52 Å². The van der Waals surface area contributed by atoms with Gasteiger partial charge in [-0.3, -0.25) is 9.36 Å². The van der Waals surface area contributed by atoms with E-state index in [0.29, 0.717) is 12.4 Å². The number of carbonyl (C=O) groups is 1. The van der Waals surface area contributed by atoms with E-state index in [9.17, 15) is 9.36 Å². The van der Waals surface area contributed by atoms with Crippen molar-refractivity contribution in [2.75, 3.05) is 20.1 Å². The molecular weight excluding hydrogens is 377 g/mol. The van der Waals surface area contributed by atoms with Gasteiger partial charge < -0.3 is 14.0 Å². The molecule has 1 aromatic carbocycles. The number of nitrogens with one attached hydrogen (secondary N) is 1. The molecule has 0 spiro atoms. The van der Waals surface area contributed by atoms with Gasteiger partial charge in [-0.1, -0.05) is 59.7 Å². The first kappa shape index (κ1) is 24.7. The molecule has 0 aliphatic rings. The predicted molar refractivity (Wildman–Crippen MR) is 113 cm³/mol. The van der Waals surface area contributed by atoms with E-state index < -0.39 is 19.5 Å². The number of hydrogen-bond donors (Lipinski definition) is 1. The van der Waals surface area contributed by atoms with Gasteiger partial charge in [-0.15, -0.1) is 0 Å². The molecule has 0 aliphatic heterocycles. The maximum atomic E-state index is 13.5. The summed E-state index contributed by atoms with van der Waals surface area (Å²) in [5.74, 6) is 0.749. The molecule has 28 heavy (non-hydrogen) atoms. The van der Waals surface area contributed by atoms with Gasteiger partial charge in [0.1, 0.15) is 18.1 Å². The number of para-hydroxylation sites is 1. The van der Waals surface area contributed by atoms with Crippen LogP contribution in [0.5, 0.6) is 5.75 Å². The Morgan fingerprint density at radius 1 is 1.04 bits per heavy atom. The van der Waals surface area contributed by atoms with Crippen molar-refractivity contribution in [2.24, 2.45) is 5.92 Å². The normalized spacial score (nSPS) is 15.0. The van der Waals surface area contributed by atoms with Crippen molar-refractivity contribution in [1.82, 2.24) is 5.09 Å². The number of esters is 1. The highest BCUT2D eigenvalue weighted by Gasteiger charge is 2.32. The first-order valence-corrected chi connectivity index (χ1v) is 11.7. The van der Waals surface area contributed by atoms with E-state index in [1.807, 2.05) is 32.0 Å². The number of rotatable bonds is 11. The van der Waals surface area contributed by atoms with Gasteiger partial charge >= 0.3 is 13.5 Å². The highest BCUT2D eigenvalue weighted by molar-refractivity contribution is 7.57. The fraction of sp³-hybridized carbons (Fsp3) is 0.667. The van der Waals surface area contributed by atoms with Crippen molar-refractivity contribution in [3.63, 3.8) is 0 Å². The monoisotopic (exact) mass is 413 g/mol. The second kappa shape index (κ2) is 11.0. The van der Waals surface area contributed by atoms with E-state index >= 15 is 0 Å². The molecule has 0 bridgehead atoms. The minimum Gasteiger partial charge on any atom is -0.464 e. The molecule has 0 aromatic heterocycles. The summed E-state index contributed by atoms with van der Waals surface area (Å²) in [6.07, 6.45) is -0.154. The van der Waals surface area contributed by atoms with Gasteiger partial charge in [-0.2, -0.15) is 0 Å². The lowest BCUT2D eigenvalue weighted by Crippen LogP contribution is -2.36. The molecule has 0 fully saturated rings. The van der Waals surface area contributed by atoms with Gasteiger partial charge in [0.15, 0.2) is 0 Å². The van der Waals surface area contributed by atoms with Crippen molar-refractivity contribution in [3.05, 3.63) is 29.3 Å². The van der Waals surface area contributed by atoms with Crippen LogP contribution in [-0.4, -0.2) is 32.1 Å². The second-order valence-corrected chi connectivity index (χ2v) is 10.2. The summed E-state index contributed by atoms with van der Waals surface area (Å²) in [7, 11) is -2.05. The van der Waals surface area contributed by atoms with E-state index in [1.165, 1.54) is 7.11 Å². The summed E-state index contributed by atoms with van der Waals surface area (Å²) in [5.41, 5.74) is 1.94. The van der Waals surface area contributed by atoms with Gasteiger partial charge in [0, 0.05) is 7.11 Å². The third-order valence-corrected chi connectivity index (χ3v) is 6.02. The molecule has 0 aliphatic carbocycles. The topological polar surface area (TPSA) is 73.9 Å². The maximum Gasteiger partial charge on any atom is 0.342 e. The zero-order valence-corrected chi connectivity index (χ0v) is 19.3. The molecule has 1 unspecified atom stereocenters. The molecule has 7 heteroatoms. The Kier molecular flexibility index (Phi) is 9.68. The zero-order chi connectivity index (χ0) is 21.5. The number of carbonyl (C=O) groups excluding carboxylic acids is 1. The summed E-state index contributed by atoms with van der Waals surface area (Å²) < 4.78 is 30.0. The molecule has 1 aromatic rings. The first-order chi connectivity index (χ1) is 13.0. The van der Waals surface area contributed by atoms with Gasteiger partial charge in [-0.25, -0.2) is 5.09 Å². The van der Waals surface area contributed by atoms with E-state index in [4.69, 9.17) is 14.0 Å². The Hall–Kier alpha value is -1.36. The average Bonchev–Trinajstić information content (AvgIpc) is 2.59. The lowest BCUT2D eigenvalue weighted by atomic mass is 9.94. The molecular formula is C21H36NO5P. The van der Waals surface area contributed by atoms with Crippen LogP contribution in [-0.2, 0) is 18.8 Å². The summed E-state index contributed by atoms with van der Waals surface area (Å²) in [6, 6.07) is 5.15. The third kappa shape index (κ3) is 7.23. The summed E-state index contributed by atoms with van der Waals surface area (Å²) >= 11 is 0. The SMILES string of the molecule is COCP(=O)(N[C@@H](C)C(=O)OCC(C)C)Oc1c(C(C)C)cccc1C(C)C. The van der Waals surface area contributed by atoms with Crippen LogP contribution in [0.1, 0.15) is 71.4 Å². The summed E-state index contributed by atoms with van der Waals surface area (Å²) in [6.45, 7) is 14.1.